The molecule has 0 spiro atoms. The van der Waals surface area contributed by atoms with E-state index in [2.05, 4.69) is 20.6 Å². The molecule has 0 aliphatic carbocycles. The maximum absolute atomic E-state index is 11.6. The minimum Gasteiger partial charge on any atom is -0.465 e. The van der Waals surface area contributed by atoms with Crippen molar-refractivity contribution in [1.29, 1.82) is 0 Å². The second-order valence-corrected chi connectivity index (χ2v) is 5.16. The van der Waals surface area contributed by atoms with Crippen molar-refractivity contribution in [3.63, 3.8) is 0 Å². The molecule has 2 amide bonds. The predicted molar refractivity (Wildman–Crippen MR) is 85.5 cm³/mol. The molecule has 1 aliphatic rings. The van der Waals surface area contributed by atoms with Crippen molar-refractivity contribution in [1.82, 2.24) is 10.7 Å². The Morgan fingerprint density at radius 1 is 1.29 bits per heavy atom. The van der Waals surface area contributed by atoms with Crippen molar-refractivity contribution in [3.05, 3.63) is 35.4 Å². The third-order valence-electron chi connectivity index (χ3n) is 3.43. The molecule has 0 bridgehead atoms. The van der Waals surface area contributed by atoms with Gasteiger partial charge in [0.2, 0.25) is 0 Å². The number of nitrogens with zero attached hydrogens (tertiary/aromatic N) is 1. The van der Waals surface area contributed by atoms with Crippen LogP contribution in [-0.2, 0) is 19.1 Å². The first-order valence-corrected chi connectivity index (χ1v) is 7.51. The van der Waals surface area contributed by atoms with Gasteiger partial charge in [-0.1, -0.05) is 12.1 Å². The zero-order chi connectivity index (χ0) is 17.4. The first-order chi connectivity index (χ1) is 11.6. The molecule has 1 atom stereocenters. The van der Waals surface area contributed by atoms with Gasteiger partial charge in [0.1, 0.15) is 0 Å². The average molecular weight is 333 g/mol. The maximum Gasteiger partial charge on any atom is 0.337 e. The number of benzene rings is 1. The Morgan fingerprint density at radius 2 is 2.04 bits per heavy atom. The molecule has 128 valence electrons. The van der Waals surface area contributed by atoms with E-state index in [1.54, 1.807) is 24.3 Å². The van der Waals surface area contributed by atoms with Gasteiger partial charge in [0, 0.05) is 13.2 Å². The lowest BCUT2D eigenvalue weighted by atomic mass is 10.1. The monoisotopic (exact) mass is 333 g/mol. The lowest BCUT2D eigenvalue weighted by Gasteiger charge is -2.09. The molecule has 2 rings (SSSR count). The molecule has 0 aromatic heterocycles. The van der Waals surface area contributed by atoms with Crippen molar-refractivity contribution < 1.29 is 23.9 Å². The largest absolute Gasteiger partial charge is 0.465 e. The highest BCUT2D eigenvalue weighted by atomic mass is 16.5. The van der Waals surface area contributed by atoms with Crippen LogP contribution >= 0.6 is 0 Å². The Morgan fingerprint density at radius 3 is 2.67 bits per heavy atom. The number of carbonyl (C=O) groups is 3. The second kappa shape index (κ2) is 8.78. The normalized spacial score (nSPS) is 16.8. The van der Waals surface area contributed by atoms with Gasteiger partial charge in [0.05, 0.1) is 25.0 Å². The minimum absolute atomic E-state index is 0.0291. The lowest BCUT2D eigenvalue weighted by Crippen LogP contribution is -2.41. The van der Waals surface area contributed by atoms with E-state index < -0.39 is 17.8 Å². The van der Waals surface area contributed by atoms with E-state index in [-0.39, 0.29) is 6.10 Å². The summed E-state index contributed by atoms with van der Waals surface area (Å²) in [6, 6.07) is 6.42. The zero-order valence-corrected chi connectivity index (χ0v) is 13.3. The van der Waals surface area contributed by atoms with Gasteiger partial charge < -0.3 is 14.8 Å². The number of hydrogen-bond acceptors (Lipinski definition) is 6. The molecule has 1 aromatic carbocycles. The SMILES string of the molecule is COC(=O)c1ccc(/C=N\NC(=O)C(=O)NC[C@@H]2CCCO2)cc1. The number of hydrogen-bond donors (Lipinski definition) is 2. The molecular formula is C16H19N3O5. The standard InChI is InChI=1S/C16H19N3O5/c1-23-16(22)12-6-4-11(5-7-12)9-18-19-15(21)14(20)17-10-13-3-2-8-24-13/h4-7,9,13H,2-3,8,10H2,1H3,(H,17,20)(H,19,21)/b18-9-/t13-/m0/s1. The Bertz CT molecular complexity index is 621. The van der Waals surface area contributed by atoms with Crippen molar-refractivity contribution in [3.8, 4) is 0 Å². The van der Waals surface area contributed by atoms with Crippen LogP contribution in [0.1, 0.15) is 28.8 Å². The van der Waals surface area contributed by atoms with Gasteiger partial charge in [-0.15, -0.1) is 0 Å². The highest BCUT2D eigenvalue weighted by Crippen LogP contribution is 2.10. The predicted octanol–water partition coefficient (Wildman–Crippen LogP) is 0.218. The molecule has 0 saturated carbocycles. The number of methoxy groups -OCH3 is 1. The highest BCUT2D eigenvalue weighted by Gasteiger charge is 2.18. The number of ether oxygens (including phenoxy) is 2. The van der Waals surface area contributed by atoms with Crippen LogP contribution in [0.2, 0.25) is 0 Å². The topological polar surface area (TPSA) is 106 Å². The first-order valence-electron chi connectivity index (χ1n) is 7.51. The maximum atomic E-state index is 11.6. The van der Waals surface area contributed by atoms with Gasteiger partial charge >= 0.3 is 17.8 Å². The number of esters is 1. The fraction of sp³-hybridized carbons (Fsp3) is 0.375. The van der Waals surface area contributed by atoms with Gasteiger partial charge in [-0.25, -0.2) is 10.2 Å². The summed E-state index contributed by atoms with van der Waals surface area (Å²) in [5, 5.41) is 6.20. The summed E-state index contributed by atoms with van der Waals surface area (Å²) in [7, 11) is 1.30. The lowest BCUT2D eigenvalue weighted by molar-refractivity contribution is -0.139. The minimum atomic E-state index is -0.851. The smallest absolute Gasteiger partial charge is 0.337 e. The number of amides is 2. The van der Waals surface area contributed by atoms with Crippen LogP contribution in [0.25, 0.3) is 0 Å². The molecule has 8 nitrogen and oxygen atoms in total. The average Bonchev–Trinajstić information content (AvgIpc) is 3.13. The number of rotatable bonds is 5. The zero-order valence-electron chi connectivity index (χ0n) is 13.3. The quantitative estimate of drug-likeness (QED) is 0.347. The first kappa shape index (κ1) is 17.6. The molecule has 1 fully saturated rings. The third-order valence-corrected chi connectivity index (χ3v) is 3.43. The molecular weight excluding hydrogens is 314 g/mol. The van der Waals surface area contributed by atoms with Gasteiger partial charge in [0.15, 0.2) is 0 Å². The highest BCUT2D eigenvalue weighted by molar-refractivity contribution is 6.35. The Hall–Kier alpha value is -2.74. The van der Waals surface area contributed by atoms with E-state index >= 15 is 0 Å². The van der Waals surface area contributed by atoms with Crippen LogP contribution in [0.3, 0.4) is 0 Å². The van der Waals surface area contributed by atoms with Gasteiger partial charge in [-0.2, -0.15) is 5.10 Å². The Kier molecular flexibility index (Phi) is 6.44. The second-order valence-electron chi connectivity index (χ2n) is 5.16. The molecule has 24 heavy (non-hydrogen) atoms. The van der Waals surface area contributed by atoms with Crippen LogP contribution in [0.5, 0.6) is 0 Å². The van der Waals surface area contributed by atoms with Crippen molar-refractivity contribution >= 4 is 24.0 Å². The summed E-state index contributed by atoms with van der Waals surface area (Å²) < 4.78 is 9.94. The van der Waals surface area contributed by atoms with Gasteiger partial charge in [-0.05, 0) is 30.5 Å². The Labute approximate surface area is 139 Å². The molecule has 1 aromatic rings. The Balaban J connectivity index is 1.76. The third kappa shape index (κ3) is 5.17. The number of nitrogens with one attached hydrogen (secondary N) is 2. The van der Waals surface area contributed by atoms with E-state index in [0.29, 0.717) is 24.3 Å². The van der Waals surface area contributed by atoms with Crippen molar-refractivity contribution in [2.45, 2.75) is 18.9 Å². The summed E-state index contributed by atoms with van der Waals surface area (Å²) in [5.41, 5.74) is 3.21. The summed E-state index contributed by atoms with van der Waals surface area (Å²) in [4.78, 5) is 34.5. The molecule has 1 aliphatic heterocycles. The fourth-order valence-corrected chi connectivity index (χ4v) is 2.13. The summed E-state index contributed by atoms with van der Waals surface area (Å²) >= 11 is 0. The van der Waals surface area contributed by atoms with Crippen LogP contribution in [-0.4, -0.2) is 50.4 Å². The molecule has 1 saturated heterocycles. The number of hydrazone groups is 1. The van der Waals surface area contributed by atoms with Crippen LogP contribution in [0.4, 0.5) is 0 Å². The summed E-state index contributed by atoms with van der Waals surface area (Å²) in [5.74, 6) is -2.05. The molecule has 0 unspecified atom stereocenters. The van der Waals surface area contributed by atoms with Crippen molar-refractivity contribution in [2.75, 3.05) is 20.3 Å². The van der Waals surface area contributed by atoms with E-state index in [0.717, 1.165) is 12.8 Å². The van der Waals surface area contributed by atoms with Crippen LogP contribution in [0, 0.1) is 0 Å². The fourth-order valence-electron chi connectivity index (χ4n) is 2.13. The molecule has 1 heterocycles. The van der Waals surface area contributed by atoms with Gasteiger partial charge in [0.25, 0.3) is 0 Å². The molecule has 8 heteroatoms. The molecule has 0 radical (unpaired) electrons. The van der Waals surface area contributed by atoms with Crippen LogP contribution < -0.4 is 10.7 Å². The summed E-state index contributed by atoms with van der Waals surface area (Å²) in [6.07, 6.45) is 3.18. The summed E-state index contributed by atoms with van der Waals surface area (Å²) in [6.45, 7) is 0.997. The molecule has 2 N–H and O–H groups in total. The number of carbonyl (C=O) groups excluding carboxylic acids is 3. The van der Waals surface area contributed by atoms with Gasteiger partial charge in [-0.3, -0.25) is 9.59 Å². The van der Waals surface area contributed by atoms with E-state index in [1.165, 1.54) is 13.3 Å². The van der Waals surface area contributed by atoms with Crippen molar-refractivity contribution in [2.24, 2.45) is 5.10 Å². The van der Waals surface area contributed by atoms with E-state index in [4.69, 9.17) is 4.74 Å². The van der Waals surface area contributed by atoms with E-state index in [9.17, 15) is 14.4 Å². The van der Waals surface area contributed by atoms with E-state index in [1.807, 2.05) is 0 Å². The van der Waals surface area contributed by atoms with Crippen LogP contribution in [0.15, 0.2) is 29.4 Å².